The highest BCUT2D eigenvalue weighted by Crippen LogP contribution is 2.38. The van der Waals surface area contributed by atoms with Crippen LogP contribution in [0, 0.1) is 5.41 Å². The van der Waals surface area contributed by atoms with Gasteiger partial charge in [0.15, 0.2) is 0 Å². The molecule has 112 valence electrons. The molecule has 2 aromatic rings. The molecule has 3 N–H and O–H groups in total. The van der Waals surface area contributed by atoms with Crippen LogP contribution >= 0.6 is 11.5 Å². The molecule has 0 atom stereocenters. The maximum absolute atomic E-state index is 6.03. The summed E-state index contributed by atoms with van der Waals surface area (Å²) in [7, 11) is 0. The maximum atomic E-state index is 6.03. The normalized spacial score (nSPS) is 17.6. The average Bonchev–Trinajstić information content (AvgIpc) is 2.88. The lowest BCUT2D eigenvalue weighted by molar-refractivity contribution is 0.0300. The molecule has 6 heteroatoms. The number of nitrogens with zero attached hydrogens (tertiary/aromatic N) is 2. The molecule has 1 aliphatic rings. The second-order valence-electron chi connectivity index (χ2n) is 5.78. The van der Waals surface area contributed by atoms with Gasteiger partial charge in [0, 0.05) is 32.2 Å². The molecule has 1 fully saturated rings. The number of nitrogen functional groups attached to an aromatic ring is 1. The minimum Gasteiger partial charge on any atom is -0.382 e. The minimum atomic E-state index is 0.270. The molecule has 0 spiro atoms. The number of nitrogens with two attached hydrogens (primary N) is 1. The zero-order valence-corrected chi connectivity index (χ0v) is 12.9. The second-order valence-corrected chi connectivity index (χ2v) is 6.56. The summed E-state index contributed by atoms with van der Waals surface area (Å²) < 4.78 is 9.74. The number of pyridine rings is 1. The molecule has 0 bridgehead atoms. The summed E-state index contributed by atoms with van der Waals surface area (Å²) in [6.07, 6.45) is 5.71. The predicted octanol–water partition coefficient (Wildman–Crippen LogP) is 3.02. The number of rotatable bonds is 4. The van der Waals surface area contributed by atoms with Crippen LogP contribution in [-0.4, -0.2) is 29.1 Å². The average molecular weight is 304 g/mol. The van der Waals surface area contributed by atoms with Crippen LogP contribution in [0.3, 0.4) is 0 Å². The van der Waals surface area contributed by atoms with Gasteiger partial charge in [-0.2, -0.15) is 4.37 Å². The first-order chi connectivity index (χ1) is 10.2. The zero-order valence-electron chi connectivity index (χ0n) is 12.1. The van der Waals surface area contributed by atoms with Crippen LogP contribution in [0.2, 0.25) is 0 Å². The number of ether oxygens (including phenoxy) is 1. The number of hydrogen-bond donors (Lipinski definition) is 2. The van der Waals surface area contributed by atoms with Gasteiger partial charge in [-0.3, -0.25) is 4.98 Å². The lowest BCUT2D eigenvalue weighted by Crippen LogP contribution is -2.33. The molecule has 3 heterocycles. The van der Waals surface area contributed by atoms with Crippen molar-refractivity contribution in [3.05, 3.63) is 24.5 Å². The summed E-state index contributed by atoms with van der Waals surface area (Å²) in [6, 6.07) is 3.92. The standard InChI is InChI=1S/C15H20N4OS/c1-15(4-8-20-9-5-15)10-18-14-12(13(16)19-21-14)11-2-6-17-7-3-11/h2-3,6-7,18H,4-5,8-10H2,1H3,(H2,16,19). The topological polar surface area (TPSA) is 73.1 Å². The zero-order chi connectivity index (χ0) is 14.7. The van der Waals surface area contributed by atoms with Crippen LogP contribution in [-0.2, 0) is 4.74 Å². The highest BCUT2D eigenvalue weighted by Gasteiger charge is 2.27. The van der Waals surface area contributed by atoms with E-state index in [0.717, 1.165) is 48.7 Å². The van der Waals surface area contributed by atoms with Gasteiger partial charge in [0.25, 0.3) is 0 Å². The Balaban J connectivity index is 1.77. The number of nitrogens with one attached hydrogen (secondary N) is 1. The second kappa shape index (κ2) is 5.99. The fourth-order valence-corrected chi connectivity index (χ4v) is 3.29. The molecule has 5 nitrogen and oxygen atoms in total. The Kier molecular flexibility index (Phi) is 4.07. The van der Waals surface area contributed by atoms with Crippen molar-refractivity contribution in [1.82, 2.24) is 9.36 Å². The van der Waals surface area contributed by atoms with Crippen molar-refractivity contribution in [3.63, 3.8) is 0 Å². The van der Waals surface area contributed by atoms with E-state index in [-0.39, 0.29) is 5.41 Å². The van der Waals surface area contributed by atoms with Crippen LogP contribution < -0.4 is 11.1 Å². The third kappa shape index (κ3) is 3.16. The maximum Gasteiger partial charge on any atom is 0.147 e. The lowest BCUT2D eigenvalue weighted by Gasteiger charge is -2.33. The SMILES string of the molecule is CC1(CNc2snc(N)c2-c2ccncc2)CCOCC1. The highest BCUT2D eigenvalue weighted by atomic mass is 32.1. The van der Waals surface area contributed by atoms with Crippen LogP contribution in [0.1, 0.15) is 19.8 Å². The number of aromatic nitrogens is 2. The fraction of sp³-hybridized carbons (Fsp3) is 0.467. The number of hydrogen-bond acceptors (Lipinski definition) is 6. The first-order valence-corrected chi connectivity index (χ1v) is 7.92. The summed E-state index contributed by atoms with van der Waals surface area (Å²) in [5.41, 5.74) is 8.34. The van der Waals surface area contributed by atoms with Crippen molar-refractivity contribution < 1.29 is 4.74 Å². The lowest BCUT2D eigenvalue weighted by atomic mass is 9.82. The van der Waals surface area contributed by atoms with Gasteiger partial charge in [-0.25, -0.2) is 0 Å². The minimum absolute atomic E-state index is 0.270. The third-order valence-electron chi connectivity index (χ3n) is 4.06. The van der Waals surface area contributed by atoms with Gasteiger partial charge in [-0.15, -0.1) is 0 Å². The van der Waals surface area contributed by atoms with Crippen LogP contribution in [0.15, 0.2) is 24.5 Å². The van der Waals surface area contributed by atoms with Gasteiger partial charge < -0.3 is 15.8 Å². The molecule has 0 radical (unpaired) electrons. The Morgan fingerprint density at radius 2 is 2.05 bits per heavy atom. The summed E-state index contributed by atoms with van der Waals surface area (Å²) in [6.45, 7) is 4.91. The Hall–Kier alpha value is -1.66. The first kappa shape index (κ1) is 14.3. The largest absolute Gasteiger partial charge is 0.382 e. The van der Waals surface area contributed by atoms with Gasteiger partial charge in [-0.1, -0.05) is 6.92 Å². The van der Waals surface area contributed by atoms with Gasteiger partial charge >= 0.3 is 0 Å². The van der Waals surface area contributed by atoms with E-state index in [1.807, 2.05) is 12.1 Å². The molecular weight excluding hydrogens is 284 g/mol. The van der Waals surface area contributed by atoms with Crippen molar-refractivity contribution in [2.45, 2.75) is 19.8 Å². The quantitative estimate of drug-likeness (QED) is 0.908. The molecule has 0 saturated carbocycles. The van der Waals surface area contributed by atoms with E-state index in [1.54, 1.807) is 12.4 Å². The van der Waals surface area contributed by atoms with Gasteiger partial charge in [0.2, 0.25) is 0 Å². The Labute approximate surface area is 128 Å². The van der Waals surface area contributed by atoms with Crippen LogP contribution in [0.25, 0.3) is 11.1 Å². The predicted molar refractivity (Wildman–Crippen MR) is 86.4 cm³/mol. The van der Waals surface area contributed by atoms with E-state index in [1.165, 1.54) is 11.5 Å². The summed E-state index contributed by atoms with van der Waals surface area (Å²) in [5, 5.41) is 4.58. The van der Waals surface area contributed by atoms with E-state index in [0.29, 0.717) is 5.82 Å². The summed E-state index contributed by atoms with van der Waals surface area (Å²) in [4.78, 5) is 4.05. The van der Waals surface area contributed by atoms with Gasteiger partial charge in [0.05, 0.1) is 5.56 Å². The Morgan fingerprint density at radius 1 is 1.33 bits per heavy atom. The van der Waals surface area contributed by atoms with Crippen LogP contribution in [0.5, 0.6) is 0 Å². The molecule has 0 amide bonds. The van der Waals surface area contributed by atoms with Crippen LogP contribution in [0.4, 0.5) is 10.8 Å². The molecule has 1 saturated heterocycles. The smallest absolute Gasteiger partial charge is 0.147 e. The van der Waals surface area contributed by atoms with Crippen molar-refractivity contribution in [2.24, 2.45) is 5.41 Å². The van der Waals surface area contributed by atoms with E-state index in [4.69, 9.17) is 10.5 Å². The first-order valence-electron chi connectivity index (χ1n) is 7.15. The molecule has 2 aromatic heterocycles. The third-order valence-corrected chi connectivity index (χ3v) is 4.88. The van der Waals surface area contributed by atoms with E-state index in [2.05, 4.69) is 21.6 Å². The molecule has 0 aliphatic carbocycles. The molecule has 3 rings (SSSR count). The molecule has 0 aromatic carbocycles. The molecule has 1 aliphatic heterocycles. The van der Waals surface area contributed by atoms with Gasteiger partial charge in [-0.05, 0) is 47.5 Å². The van der Waals surface area contributed by atoms with Crippen molar-refractivity contribution in [2.75, 3.05) is 30.8 Å². The molecule has 0 unspecified atom stereocenters. The monoisotopic (exact) mass is 304 g/mol. The Bertz CT molecular complexity index is 593. The van der Waals surface area contributed by atoms with E-state index in [9.17, 15) is 0 Å². The summed E-state index contributed by atoms with van der Waals surface area (Å²) >= 11 is 1.42. The summed E-state index contributed by atoms with van der Waals surface area (Å²) in [5.74, 6) is 0.575. The Morgan fingerprint density at radius 3 is 2.76 bits per heavy atom. The number of anilines is 2. The van der Waals surface area contributed by atoms with Crippen molar-refractivity contribution >= 4 is 22.4 Å². The van der Waals surface area contributed by atoms with Gasteiger partial charge in [0.1, 0.15) is 10.8 Å². The van der Waals surface area contributed by atoms with Crippen molar-refractivity contribution in [3.8, 4) is 11.1 Å². The fourth-order valence-electron chi connectivity index (χ4n) is 2.56. The molecular formula is C15H20N4OS. The highest BCUT2D eigenvalue weighted by molar-refractivity contribution is 7.11. The van der Waals surface area contributed by atoms with Crippen molar-refractivity contribution in [1.29, 1.82) is 0 Å². The van der Waals surface area contributed by atoms with E-state index < -0.39 is 0 Å². The van der Waals surface area contributed by atoms with E-state index >= 15 is 0 Å². The molecule has 21 heavy (non-hydrogen) atoms.